The molecule has 0 spiro atoms. The molecule has 0 aliphatic carbocycles. The second kappa shape index (κ2) is 8.50. The highest BCUT2D eigenvalue weighted by molar-refractivity contribution is 5.67. The quantitative estimate of drug-likeness (QED) is 0.480. The molecule has 5 heteroatoms. The number of carbonyl (C=O) groups excluding carboxylic acids is 2. The molecule has 0 bridgehead atoms. The van der Waals surface area contributed by atoms with Crippen molar-refractivity contribution < 1.29 is 23.8 Å². The number of esters is 2. The van der Waals surface area contributed by atoms with Gasteiger partial charge in [-0.1, -0.05) is 29.5 Å². The van der Waals surface area contributed by atoms with Crippen LogP contribution < -0.4 is 0 Å². The third-order valence-electron chi connectivity index (χ3n) is 3.65. The Hall–Kier alpha value is -2.58. The molecule has 0 N–H and O–H groups in total. The van der Waals surface area contributed by atoms with Crippen LogP contribution in [0.4, 0.5) is 0 Å². The average Bonchev–Trinajstić information content (AvgIpc) is 2.53. The molecule has 25 heavy (non-hydrogen) atoms. The molecule has 132 valence electrons. The summed E-state index contributed by atoms with van der Waals surface area (Å²) >= 11 is 0. The van der Waals surface area contributed by atoms with Gasteiger partial charge in [-0.25, -0.2) is 0 Å². The van der Waals surface area contributed by atoms with Gasteiger partial charge in [0.2, 0.25) is 0 Å². The SMILES string of the molecule is CC(=O)OC[C@H]1O[C@H](C#Cc2ccc(C)cc2C)C=C[C@@H]1OC(C)=O. The second-order valence-electron chi connectivity index (χ2n) is 5.94. The third-order valence-corrected chi connectivity index (χ3v) is 3.65. The average molecular weight is 342 g/mol. The number of hydrogen-bond acceptors (Lipinski definition) is 5. The van der Waals surface area contributed by atoms with E-state index in [1.165, 1.54) is 19.4 Å². The van der Waals surface area contributed by atoms with E-state index in [9.17, 15) is 9.59 Å². The molecule has 0 saturated heterocycles. The van der Waals surface area contributed by atoms with E-state index in [0.717, 1.165) is 11.1 Å². The molecule has 5 nitrogen and oxygen atoms in total. The first-order valence-corrected chi connectivity index (χ1v) is 8.08. The van der Waals surface area contributed by atoms with Gasteiger partial charge in [0.15, 0.2) is 0 Å². The van der Waals surface area contributed by atoms with Crippen LogP contribution in [0.25, 0.3) is 0 Å². The number of rotatable bonds is 3. The molecule has 0 fully saturated rings. The number of benzene rings is 1. The lowest BCUT2D eigenvalue weighted by molar-refractivity contribution is -0.161. The molecule has 0 saturated carbocycles. The van der Waals surface area contributed by atoms with Gasteiger partial charge in [0, 0.05) is 19.4 Å². The van der Waals surface area contributed by atoms with Crippen molar-refractivity contribution in [2.24, 2.45) is 0 Å². The predicted molar refractivity (Wildman–Crippen MR) is 92.8 cm³/mol. The molecular formula is C20H22O5. The molecule has 0 aromatic heterocycles. The Labute approximate surface area is 148 Å². The summed E-state index contributed by atoms with van der Waals surface area (Å²) in [4.78, 5) is 22.2. The van der Waals surface area contributed by atoms with Gasteiger partial charge in [0.05, 0.1) is 0 Å². The van der Waals surface area contributed by atoms with Gasteiger partial charge in [0.25, 0.3) is 0 Å². The van der Waals surface area contributed by atoms with Crippen LogP contribution in [0.15, 0.2) is 30.4 Å². The minimum absolute atomic E-state index is 0.000635. The van der Waals surface area contributed by atoms with Crippen molar-refractivity contribution in [3.63, 3.8) is 0 Å². The molecule has 1 aliphatic heterocycles. The zero-order valence-corrected chi connectivity index (χ0v) is 14.9. The predicted octanol–water partition coefficient (Wildman–Crippen LogP) is 2.47. The Morgan fingerprint density at radius 2 is 1.92 bits per heavy atom. The maximum atomic E-state index is 11.2. The van der Waals surface area contributed by atoms with Gasteiger partial charge in [-0.2, -0.15) is 0 Å². The molecule has 2 rings (SSSR count). The minimum atomic E-state index is -0.601. The fourth-order valence-electron chi connectivity index (χ4n) is 2.47. The van der Waals surface area contributed by atoms with Crippen LogP contribution in [-0.4, -0.2) is 36.9 Å². The van der Waals surface area contributed by atoms with Crippen molar-refractivity contribution in [1.82, 2.24) is 0 Å². The molecule has 1 aromatic rings. The monoisotopic (exact) mass is 342 g/mol. The number of ether oxygens (including phenoxy) is 3. The largest absolute Gasteiger partial charge is 0.463 e. The maximum Gasteiger partial charge on any atom is 0.303 e. The smallest absolute Gasteiger partial charge is 0.303 e. The maximum absolute atomic E-state index is 11.2. The van der Waals surface area contributed by atoms with Gasteiger partial charge >= 0.3 is 11.9 Å². The summed E-state index contributed by atoms with van der Waals surface area (Å²) < 4.78 is 16.0. The summed E-state index contributed by atoms with van der Waals surface area (Å²) in [6.45, 7) is 6.68. The fraction of sp³-hybridized carbons (Fsp3) is 0.400. The number of hydrogen-bond donors (Lipinski definition) is 0. The number of aryl methyl sites for hydroxylation is 2. The lowest BCUT2D eigenvalue weighted by atomic mass is 10.1. The highest BCUT2D eigenvalue weighted by atomic mass is 16.6. The van der Waals surface area contributed by atoms with E-state index in [2.05, 4.69) is 17.9 Å². The summed E-state index contributed by atoms with van der Waals surface area (Å²) in [7, 11) is 0. The van der Waals surface area contributed by atoms with Gasteiger partial charge in [-0.3, -0.25) is 9.59 Å². The summed E-state index contributed by atoms with van der Waals surface area (Å²) in [5, 5.41) is 0. The highest BCUT2D eigenvalue weighted by Gasteiger charge is 2.30. The molecule has 1 heterocycles. The van der Waals surface area contributed by atoms with Crippen molar-refractivity contribution in [2.75, 3.05) is 6.61 Å². The molecular weight excluding hydrogens is 320 g/mol. The van der Waals surface area contributed by atoms with E-state index in [1.807, 2.05) is 26.0 Å². The highest BCUT2D eigenvalue weighted by Crippen LogP contribution is 2.17. The van der Waals surface area contributed by atoms with Crippen molar-refractivity contribution >= 4 is 11.9 Å². The first kappa shape index (κ1) is 18.8. The lowest BCUT2D eigenvalue weighted by Gasteiger charge is -2.29. The first-order valence-electron chi connectivity index (χ1n) is 8.08. The molecule has 3 atom stereocenters. The van der Waals surface area contributed by atoms with Crippen molar-refractivity contribution in [3.8, 4) is 11.8 Å². The van der Waals surface area contributed by atoms with Crippen LogP contribution in [0.2, 0.25) is 0 Å². The van der Waals surface area contributed by atoms with Crippen LogP contribution in [-0.2, 0) is 23.8 Å². The first-order chi connectivity index (χ1) is 11.8. The van der Waals surface area contributed by atoms with E-state index < -0.39 is 30.3 Å². The zero-order chi connectivity index (χ0) is 18.4. The topological polar surface area (TPSA) is 61.8 Å². The Kier molecular flexibility index (Phi) is 6.37. The van der Waals surface area contributed by atoms with Crippen molar-refractivity contribution in [3.05, 3.63) is 47.0 Å². The van der Waals surface area contributed by atoms with Gasteiger partial charge in [-0.05, 0) is 37.6 Å². The molecule has 0 unspecified atom stereocenters. The van der Waals surface area contributed by atoms with E-state index in [4.69, 9.17) is 14.2 Å². The van der Waals surface area contributed by atoms with Gasteiger partial charge in [0.1, 0.15) is 24.9 Å². The van der Waals surface area contributed by atoms with Crippen LogP contribution in [0.5, 0.6) is 0 Å². The van der Waals surface area contributed by atoms with Gasteiger partial charge in [-0.15, -0.1) is 0 Å². The van der Waals surface area contributed by atoms with Crippen molar-refractivity contribution in [2.45, 2.75) is 46.0 Å². The number of carbonyl (C=O) groups is 2. The van der Waals surface area contributed by atoms with E-state index in [-0.39, 0.29) is 6.61 Å². The minimum Gasteiger partial charge on any atom is -0.463 e. The van der Waals surface area contributed by atoms with Crippen LogP contribution in [0.1, 0.15) is 30.5 Å². The molecule has 1 aliphatic rings. The Balaban J connectivity index is 2.13. The summed E-state index contributed by atoms with van der Waals surface area (Å²) in [5.41, 5.74) is 3.21. The van der Waals surface area contributed by atoms with Crippen LogP contribution in [0.3, 0.4) is 0 Å². The molecule has 0 radical (unpaired) electrons. The zero-order valence-electron chi connectivity index (χ0n) is 14.9. The van der Waals surface area contributed by atoms with Gasteiger partial charge < -0.3 is 14.2 Å². The lowest BCUT2D eigenvalue weighted by Crippen LogP contribution is -2.41. The summed E-state index contributed by atoms with van der Waals surface area (Å²) in [5.74, 6) is 5.31. The second-order valence-corrected chi connectivity index (χ2v) is 5.94. The summed E-state index contributed by atoms with van der Waals surface area (Å²) in [6.07, 6.45) is 1.81. The standard InChI is InChI=1S/C20H22O5/c1-13-5-6-17(14(2)11-13)7-8-18-9-10-19(24-16(4)22)20(25-18)12-23-15(3)21/h5-6,9-11,18-20H,12H2,1-4H3/t18-,19+,20-/m1/s1. The Bertz CT molecular complexity index is 738. The third kappa shape index (κ3) is 5.77. The van der Waals surface area contributed by atoms with Crippen LogP contribution >= 0.6 is 0 Å². The fourth-order valence-corrected chi connectivity index (χ4v) is 2.47. The normalized spacial score (nSPS) is 21.8. The van der Waals surface area contributed by atoms with E-state index in [1.54, 1.807) is 12.2 Å². The molecule has 1 aromatic carbocycles. The Morgan fingerprint density at radius 3 is 2.56 bits per heavy atom. The van der Waals surface area contributed by atoms with Crippen LogP contribution in [0, 0.1) is 25.7 Å². The summed E-state index contributed by atoms with van der Waals surface area (Å²) in [6, 6.07) is 6.05. The Morgan fingerprint density at radius 1 is 1.16 bits per heavy atom. The molecule has 0 amide bonds. The van der Waals surface area contributed by atoms with E-state index >= 15 is 0 Å². The van der Waals surface area contributed by atoms with Crippen molar-refractivity contribution in [1.29, 1.82) is 0 Å². The van der Waals surface area contributed by atoms with E-state index in [0.29, 0.717) is 0 Å².